The zero-order valence-electron chi connectivity index (χ0n) is 10.0. The minimum atomic E-state index is 0.360. The quantitative estimate of drug-likeness (QED) is 0.873. The average Bonchev–Trinajstić information content (AvgIpc) is 2.33. The minimum absolute atomic E-state index is 0.360. The van der Waals surface area contributed by atoms with Crippen LogP contribution < -0.4 is 5.73 Å². The average molecular weight is 226 g/mol. The molecule has 0 atom stereocenters. The summed E-state index contributed by atoms with van der Waals surface area (Å²) in [4.78, 5) is 4.37. The fourth-order valence-electron chi connectivity index (χ4n) is 2.97. The Hall–Kier alpha value is -1.41. The first kappa shape index (κ1) is 10.7. The molecule has 0 amide bonds. The normalized spacial score (nSPS) is 17.9. The third-order valence-corrected chi connectivity index (χ3v) is 4.15. The van der Waals surface area contributed by atoms with E-state index in [-0.39, 0.29) is 0 Å². The van der Waals surface area contributed by atoms with E-state index in [4.69, 9.17) is 5.73 Å². The fraction of sp³-hybridized carbons (Fsp3) is 0.400. The van der Waals surface area contributed by atoms with Crippen LogP contribution in [0.15, 0.2) is 36.5 Å². The SMILES string of the molecule is NCCC1(c2ccc3ncccc3c2)CCC1. The summed E-state index contributed by atoms with van der Waals surface area (Å²) in [6.07, 6.45) is 6.87. The molecule has 1 fully saturated rings. The number of rotatable bonds is 3. The molecule has 2 heteroatoms. The number of nitrogens with two attached hydrogens (primary N) is 1. The molecule has 3 rings (SSSR count). The molecule has 1 saturated carbocycles. The van der Waals surface area contributed by atoms with Crippen molar-refractivity contribution in [1.82, 2.24) is 4.98 Å². The molecule has 0 radical (unpaired) electrons. The van der Waals surface area contributed by atoms with Crippen LogP contribution in [0, 0.1) is 0 Å². The Morgan fingerprint density at radius 1 is 1.24 bits per heavy atom. The third kappa shape index (κ3) is 1.73. The van der Waals surface area contributed by atoms with E-state index in [2.05, 4.69) is 29.2 Å². The Kier molecular flexibility index (Phi) is 2.60. The summed E-state index contributed by atoms with van der Waals surface area (Å²) in [6.45, 7) is 0.783. The molecule has 0 saturated heterocycles. The molecule has 0 spiro atoms. The van der Waals surface area contributed by atoms with Gasteiger partial charge in [0.15, 0.2) is 0 Å². The predicted octanol–water partition coefficient (Wildman–Crippen LogP) is 3.01. The van der Waals surface area contributed by atoms with Crippen LogP contribution in [0.25, 0.3) is 10.9 Å². The van der Waals surface area contributed by atoms with E-state index < -0.39 is 0 Å². The summed E-state index contributed by atoms with van der Waals surface area (Å²) in [5.74, 6) is 0. The lowest BCUT2D eigenvalue weighted by Crippen LogP contribution is -2.36. The summed E-state index contributed by atoms with van der Waals surface area (Å²) in [5, 5.41) is 1.24. The van der Waals surface area contributed by atoms with Crippen molar-refractivity contribution in [1.29, 1.82) is 0 Å². The van der Waals surface area contributed by atoms with E-state index in [1.165, 1.54) is 30.2 Å². The van der Waals surface area contributed by atoms with Gasteiger partial charge >= 0.3 is 0 Å². The highest BCUT2D eigenvalue weighted by atomic mass is 14.6. The number of nitrogens with zero attached hydrogens (tertiary/aromatic N) is 1. The van der Waals surface area contributed by atoms with E-state index in [1.807, 2.05) is 12.3 Å². The van der Waals surface area contributed by atoms with Crippen LogP contribution in [0.5, 0.6) is 0 Å². The Balaban J connectivity index is 2.05. The van der Waals surface area contributed by atoms with Gasteiger partial charge in [-0.3, -0.25) is 4.98 Å². The van der Waals surface area contributed by atoms with Gasteiger partial charge in [0.05, 0.1) is 5.52 Å². The molecule has 0 unspecified atom stereocenters. The maximum absolute atomic E-state index is 5.76. The predicted molar refractivity (Wildman–Crippen MR) is 70.9 cm³/mol. The zero-order chi connectivity index (χ0) is 11.7. The highest BCUT2D eigenvalue weighted by Gasteiger charge is 2.37. The lowest BCUT2D eigenvalue weighted by Gasteiger charge is -2.42. The van der Waals surface area contributed by atoms with Crippen molar-refractivity contribution in [3.63, 3.8) is 0 Å². The van der Waals surface area contributed by atoms with Gasteiger partial charge in [-0.15, -0.1) is 0 Å². The smallest absolute Gasteiger partial charge is 0.0702 e. The third-order valence-electron chi connectivity index (χ3n) is 4.15. The van der Waals surface area contributed by atoms with Gasteiger partial charge < -0.3 is 5.73 Å². The van der Waals surface area contributed by atoms with Gasteiger partial charge in [0.25, 0.3) is 0 Å². The maximum atomic E-state index is 5.76. The molecule has 1 aromatic carbocycles. The van der Waals surface area contributed by atoms with E-state index >= 15 is 0 Å². The standard InChI is InChI=1S/C15H18N2/c16-9-8-15(6-2-7-15)13-4-5-14-12(11-13)3-1-10-17-14/h1,3-5,10-11H,2,6-9,16H2. The minimum Gasteiger partial charge on any atom is -0.330 e. The summed E-state index contributed by atoms with van der Waals surface area (Å²) >= 11 is 0. The highest BCUT2D eigenvalue weighted by molar-refractivity contribution is 5.79. The Morgan fingerprint density at radius 3 is 2.82 bits per heavy atom. The van der Waals surface area contributed by atoms with Crippen LogP contribution >= 0.6 is 0 Å². The first-order chi connectivity index (χ1) is 8.34. The second-order valence-corrected chi connectivity index (χ2v) is 5.08. The molecular formula is C15H18N2. The number of benzene rings is 1. The number of aromatic nitrogens is 1. The monoisotopic (exact) mass is 226 g/mol. The molecule has 0 aliphatic heterocycles. The highest BCUT2D eigenvalue weighted by Crippen LogP contribution is 2.46. The molecular weight excluding hydrogens is 208 g/mol. The van der Waals surface area contributed by atoms with Crippen molar-refractivity contribution in [2.75, 3.05) is 6.54 Å². The molecule has 1 heterocycles. The van der Waals surface area contributed by atoms with Crippen LogP contribution in [0.1, 0.15) is 31.2 Å². The van der Waals surface area contributed by atoms with Crippen LogP contribution in [-0.2, 0) is 5.41 Å². The van der Waals surface area contributed by atoms with E-state index in [9.17, 15) is 0 Å². The van der Waals surface area contributed by atoms with Gasteiger partial charge in [0.2, 0.25) is 0 Å². The van der Waals surface area contributed by atoms with Crippen LogP contribution in [0.3, 0.4) is 0 Å². The first-order valence-corrected chi connectivity index (χ1v) is 6.39. The van der Waals surface area contributed by atoms with E-state index in [0.717, 1.165) is 18.5 Å². The molecule has 17 heavy (non-hydrogen) atoms. The lowest BCUT2D eigenvalue weighted by atomic mass is 9.62. The van der Waals surface area contributed by atoms with Crippen molar-refractivity contribution in [2.24, 2.45) is 5.73 Å². The Labute approximate surface area is 102 Å². The number of fused-ring (bicyclic) bond motifs is 1. The first-order valence-electron chi connectivity index (χ1n) is 6.39. The van der Waals surface area contributed by atoms with Gasteiger partial charge in [-0.25, -0.2) is 0 Å². The van der Waals surface area contributed by atoms with Gasteiger partial charge in [-0.1, -0.05) is 18.6 Å². The van der Waals surface area contributed by atoms with Crippen LogP contribution in [0.2, 0.25) is 0 Å². The van der Waals surface area contributed by atoms with Crippen LogP contribution in [-0.4, -0.2) is 11.5 Å². The molecule has 1 aromatic heterocycles. The largest absolute Gasteiger partial charge is 0.330 e. The van der Waals surface area contributed by atoms with Crippen molar-refractivity contribution in [3.8, 4) is 0 Å². The van der Waals surface area contributed by atoms with Crippen molar-refractivity contribution in [3.05, 3.63) is 42.1 Å². The van der Waals surface area contributed by atoms with E-state index in [0.29, 0.717) is 5.41 Å². The Bertz CT molecular complexity index is 529. The lowest BCUT2D eigenvalue weighted by molar-refractivity contribution is 0.229. The van der Waals surface area contributed by atoms with Crippen molar-refractivity contribution >= 4 is 10.9 Å². The Morgan fingerprint density at radius 2 is 2.12 bits per heavy atom. The molecule has 2 nitrogen and oxygen atoms in total. The van der Waals surface area contributed by atoms with E-state index in [1.54, 1.807) is 0 Å². The van der Waals surface area contributed by atoms with Crippen molar-refractivity contribution in [2.45, 2.75) is 31.1 Å². The molecule has 1 aliphatic rings. The fourth-order valence-corrected chi connectivity index (χ4v) is 2.97. The van der Waals surface area contributed by atoms with Gasteiger partial charge in [-0.05, 0) is 55.0 Å². The second-order valence-electron chi connectivity index (χ2n) is 5.08. The topological polar surface area (TPSA) is 38.9 Å². The molecule has 88 valence electrons. The zero-order valence-corrected chi connectivity index (χ0v) is 10.0. The number of hydrogen-bond donors (Lipinski definition) is 1. The van der Waals surface area contributed by atoms with Gasteiger partial charge in [0, 0.05) is 11.6 Å². The molecule has 2 aromatic rings. The summed E-state index contributed by atoms with van der Waals surface area (Å²) in [7, 11) is 0. The van der Waals surface area contributed by atoms with Gasteiger partial charge in [0.1, 0.15) is 0 Å². The maximum Gasteiger partial charge on any atom is 0.0702 e. The molecule has 0 bridgehead atoms. The van der Waals surface area contributed by atoms with Crippen LogP contribution in [0.4, 0.5) is 0 Å². The molecule has 2 N–H and O–H groups in total. The summed E-state index contributed by atoms with van der Waals surface area (Å²) in [6, 6.07) is 10.8. The molecule has 1 aliphatic carbocycles. The number of pyridine rings is 1. The summed E-state index contributed by atoms with van der Waals surface area (Å²) in [5.41, 5.74) is 8.66. The van der Waals surface area contributed by atoms with Crippen molar-refractivity contribution < 1.29 is 0 Å². The second kappa shape index (κ2) is 4.11. The summed E-state index contributed by atoms with van der Waals surface area (Å²) < 4.78 is 0. The van der Waals surface area contributed by atoms with Gasteiger partial charge in [-0.2, -0.15) is 0 Å². The number of hydrogen-bond acceptors (Lipinski definition) is 2.